The molecule has 0 spiro atoms. The Morgan fingerprint density at radius 3 is 2.21 bits per heavy atom. The normalized spacial score (nSPS) is 12.6. The average Bonchev–Trinajstić information content (AvgIpc) is 2.12. The maximum Gasteiger partial charge on any atom is 0.310 e. The first kappa shape index (κ1) is 11.3. The summed E-state index contributed by atoms with van der Waals surface area (Å²) in [7, 11) is 0. The zero-order valence-corrected chi connectivity index (χ0v) is 8.73. The smallest absolute Gasteiger partial charge is 0.310 e. The lowest BCUT2D eigenvalue weighted by Gasteiger charge is -2.08. The number of benzene rings is 1. The molecule has 0 aromatic heterocycles. The molecule has 0 aliphatic heterocycles. The standard InChI is InChI=1S/C9H7Cl2FO2/c1-4(9(13)14)5-2-6(10)8(12)7(11)3-5/h2-4H,1H3,(H,13,14). The van der Waals surface area contributed by atoms with Crippen LogP contribution in [0.3, 0.4) is 0 Å². The minimum atomic E-state index is -1.01. The van der Waals surface area contributed by atoms with Gasteiger partial charge in [0.15, 0.2) is 5.82 Å². The molecule has 0 aliphatic carbocycles. The summed E-state index contributed by atoms with van der Waals surface area (Å²) in [6.45, 7) is 1.47. The van der Waals surface area contributed by atoms with E-state index in [1.54, 1.807) is 0 Å². The lowest BCUT2D eigenvalue weighted by atomic mass is 10.0. The van der Waals surface area contributed by atoms with Crippen LogP contribution < -0.4 is 0 Å². The van der Waals surface area contributed by atoms with E-state index in [1.165, 1.54) is 19.1 Å². The Morgan fingerprint density at radius 2 is 1.86 bits per heavy atom. The maximum atomic E-state index is 13.0. The highest BCUT2D eigenvalue weighted by Gasteiger charge is 2.17. The second-order valence-corrected chi connectivity index (χ2v) is 3.67. The van der Waals surface area contributed by atoms with Gasteiger partial charge in [0.1, 0.15) is 0 Å². The van der Waals surface area contributed by atoms with Crippen molar-refractivity contribution in [3.05, 3.63) is 33.6 Å². The van der Waals surface area contributed by atoms with Gasteiger partial charge in [0, 0.05) is 0 Å². The van der Waals surface area contributed by atoms with E-state index in [1.807, 2.05) is 0 Å². The molecule has 1 aromatic carbocycles. The van der Waals surface area contributed by atoms with E-state index in [0.29, 0.717) is 5.56 Å². The first-order valence-corrected chi connectivity index (χ1v) is 4.56. The van der Waals surface area contributed by atoms with E-state index in [0.717, 1.165) is 0 Å². The Bertz CT molecular complexity index is 356. The maximum absolute atomic E-state index is 13.0. The summed E-state index contributed by atoms with van der Waals surface area (Å²) < 4.78 is 13.0. The van der Waals surface area contributed by atoms with Gasteiger partial charge in [-0.3, -0.25) is 4.79 Å². The summed E-state index contributed by atoms with van der Waals surface area (Å²) in [6, 6.07) is 2.53. The van der Waals surface area contributed by atoms with Crippen LogP contribution >= 0.6 is 23.2 Å². The summed E-state index contributed by atoms with van der Waals surface area (Å²) >= 11 is 11.0. The monoisotopic (exact) mass is 236 g/mol. The SMILES string of the molecule is CC(C(=O)O)c1cc(Cl)c(F)c(Cl)c1. The molecule has 0 saturated heterocycles. The van der Waals surface area contributed by atoms with Crippen LogP contribution in [-0.2, 0) is 4.79 Å². The van der Waals surface area contributed by atoms with Crippen LogP contribution in [0.15, 0.2) is 12.1 Å². The number of carboxylic acids is 1. The van der Waals surface area contributed by atoms with Crippen molar-refractivity contribution < 1.29 is 14.3 Å². The van der Waals surface area contributed by atoms with Gasteiger partial charge in [0.25, 0.3) is 0 Å². The van der Waals surface area contributed by atoms with Crippen molar-refractivity contribution in [2.24, 2.45) is 0 Å². The Labute approximate surface area is 90.3 Å². The molecule has 14 heavy (non-hydrogen) atoms. The van der Waals surface area contributed by atoms with Gasteiger partial charge in [0.05, 0.1) is 16.0 Å². The van der Waals surface area contributed by atoms with Gasteiger partial charge in [-0.2, -0.15) is 0 Å². The Kier molecular flexibility index (Phi) is 3.34. The fourth-order valence-corrected chi connectivity index (χ4v) is 1.47. The number of carboxylic acid groups (broad SMARTS) is 1. The molecule has 0 aliphatic rings. The molecular weight excluding hydrogens is 230 g/mol. The molecule has 0 heterocycles. The molecule has 1 atom stereocenters. The Hall–Kier alpha value is -0.800. The minimum absolute atomic E-state index is 0.166. The number of hydrogen-bond donors (Lipinski definition) is 1. The first-order chi connectivity index (χ1) is 6.43. The first-order valence-electron chi connectivity index (χ1n) is 3.80. The zero-order valence-electron chi connectivity index (χ0n) is 7.22. The number of carbonyl (C=O) groups is 1. The third kappa shape index (κ3) is 2.16. The third-order valence-corrected chi connectivity index (χ3v) is 2.43. The van der Waals surface area contributed by atoms with Gasteiger partial charge in [-0.25, -0.2) is 4.39 Å². The van der Waals surface area contributed by atoms with Crippen LogP contribution in [0, 0.1) is 5.82 Å². The highest BCUT2D eigenvalue weighted by molar-refractivity contribution is 6.35. The lowest BCUT2D eigenvalue weighted by molar-refractivity contribution is -0.138. The average molecular weight is 237 g/mol. The molecule has 0 amide bonds. The second-order valence-electron chi connectivity index (χ2n) is 2.86. The Morgan fingerprint density at radius 1 is 1.43 bits per heavy atom. The number of rotatable bonds is 2. The summed E-state index contributed by atoms with van der Waals surface area (Å²) in [6.07, 6.45) is 0. The Balaban J connectivity index is 3.19. The van der Waals surface area contributed by atoms with Crippen molar-refractivity contribution in [1.82, 2.24) is 0 Å². The predicted octanol–water partition coefficient (Wildman–Crippen LogP) is 3.32. The van der Waals surface area contributed by atoms with E-state index in [-0.39, 0.29) is 10.0 Å². The molecule has 1 aromatic rings. The van der Waals surface area contributed by atoms with Gasteiger partial charge >= 0.3 is 5.97 Å². The molecule has 76 valence electrons. The molecule has 1 N–H and O–H groups in total. The van der Waals surface area contributed by atoms with Crippen molar-refractivity contribution in [1.29, 1.82) is 0 Å². The summed E-state index contributed by atoms with van der Waals surface area (Å²) in [5, 5.41) is 8.37. The molecule has 1 rings (SSSR count). The van der Waals surface area contributed by atoms with Crippen molar-refractivity contribution in [2.75, 3.05) is 0 Å². The summed E-state index contributed by atoms with van der Waals surface area (Å²) in [4.78, 5) is 10.6. The molecular formula is C9H7Cl2FO2. The van der Waals surface area contributed by atoms with Crippen LogP contribution in [0.2, 0.25) is 10.0 Å². The van der Waals surface area contributed by atoms with Gasteiger partial charge in [-0.1, -0.05) is 23.2 Å². The van der Waals surface area contributed by atoms with Crippen molar-refractivity contribution in [2.45, 2.75) is 12.8 Å². The van der Waals surface area contributed by atoms with E-state index in [2.05, 4.69) is 0 Å². The van der Waals surface area contributed by atoms with Crippen LogP contribution in [0.4, 0.5) is 4.39 Å². The van der Waals surface area contributed by atoms with E-state index < -0.39 is 17.7 Å². The highest BCUT2D eigenvalue weighted by Crippen LogP contribution is 2.28. The highest BCUT2D eigenvalue weighted by atomic mass is 35.5. The molecule has 2 nitrogen and oxygen atoms in total. The molecule has 0 fully saturated rings. The molecule has 0 radical (unpaired) electrons. The van der Waals surface area contributed by atoms with Crippen molar-refractivity contribution in [3.8, 4) is 0 Å². The molecule has 0 saturated carbocycles. The predicted molar refractivity (Wildman–Crippen MR) is 52.5 cm³/mol. The van der Waals surface area contributed by atoms with Crippen LogP contribution in [0.25, 0.3) is 0 Å². The van der Waals surface area contributed by atoms with E-state index in [4.69, 9.17) is 28.3 Å². The fourth-order valence-electron chi connectivity index (χ4n) is 0.968. The lowest BCUT2D eigenvalue weighted by Crippen LogP contribution is -2.07. The molecule has 0 bridgehead atoms. The quantitative estimate of drug-likeness (QED) is 0.801. The second kappa shape index (κ2) is 4.15. The number of aliphatic carboxylic acids is 1. The zero-order chi connectivity index (χ0) is 10.9. The number of halogens is 3. The van der Waals surface area contributed by atoms with Gasteiger partial charge in [-0.15, -0.1) is 0 Å². The van der Waals surface area contributed by atoms with Crippen LogP contribution in [-0.4, -0.2) is 11.1 Å². The largest absolute Gasteiger partial charge is 0.481 e. The van der Waals surface area contributed by atoms with Gasteiger partial charge < -0.3 is 5.11 Å². The van der Waals surface area contributed by atoms with E-state index in [9.17, 15) is 9.18 Å². The van der Waals surface area contributed by atoms with Crippen molar-refractivity contribution in [3.63, 3.8) is 0 Å². The van der Waals surface area contributed by atoms with Crippen LogP contribution in [0.5, 0.6) is 0 Å². The van der Waals surface area contributed by atoms with Gasteiger partial charge in [-0.05, 0) is 24.6 Å². The minimum Gasteiger partial charge on any atom is -0.481 e. The van der Waals surface area contributed by atoms with E-state index >= 15 is 0 Å². The fraction of sp³-hybridized carbons (Fsp3) is 0.222. The van der Waals surface area contributed by atoms with Gasteiger partial charge in [0.2, 0.25) is 0 Å². The molecule has 5 heteroatoms. The summed E-state index contributed by atoms with van der Waals surface area (Å²) in [5.74, 6) is -2.50. The topological polar surface area (TPSA) is 37.3 Å². The molecule has 1 unspecified atom stereocenters. The van der Waals surface area contributed by atoms with Crippen LogP contribution in [0.1, 0.15) is 18.4 Å². The number of hydrogen-bond acceptors (Lipinski definition) is 1. The third-order valence-electron chi connectivity index (χ3n) is 1.88. The van der Waals surface area contributed by atoms with Crippen molar-refractivity contribution >= 4 is 29.2 Å². The summed E-state index contributed by atoms with van der Waals surface area (Å²) in [5.41, 5.74) is 0.383.